The van der Waals surface area contributed by atoms with Gasteiger partial charge in [-0.15, -0.1) is 0 Å². The minimum absolute atomic E-state index is 0. The van der Waals surface area contributed by atoms with Crippen LogP contribution in [0.1, 0.15) is 93.5 Å². The predicted octanol–water partition coefficient (Wildman–Crippen LogP) is 8.87. The second-order valence-corrected chi connectivity index (χ2v) is 22.4. The summed E-state index contributed by atoms with van der Waals surface area (Å²) in [6.07, 6.45) is 1.47. The number of fused-ring (bicyclic) bond motifs is 18. The maximum absolute atomic E-state index is 5.53. The van der Waals surface area contributed by atoms with Crippen LogP contribution in [0.5, 0.6) is 0 Å². The Bertz CT molecular complexity index is 4680. The molecular weight excluding hydrogens is 1180 g/mol. The zero-order chi connectivity index (χ0) is 60.9. The standard InChI is InChI=1S/C76H48N16.2Na/c1-9-25-45(26-10-1)53-41-54(46-27-11-2-12-28-46)78-62-61(77-53)69-85-70(62)90-72-65-66(82-58(50-35-19-6-20-36-50)43-57(81-65)49-33-17-5-18-34-49)74(87-72)92-76-68-67(83-59(51-37-21-7-22-38-51)44-60(84-68)52-39-23-8-24-40-52)75(88-76)91-73-64-63(71(86-73)89-69)79-55(47-29-13-3-14-30-47)42-56(80-64)48-31-15-4-16-32-48;;/h1-40H,41-44H2;;/q-2;2*+1. The van der Waals surface area contributed by atoms with Crippen LogP contribution in [0.4, 0.5) is 22.7 Å². The predicted molar refractivity (Wildman–Crippen MR) is 365 cm³/mol. The Kier molecular flexibility index (Phi) is 16.4. The molecule has 0 N–H and O–H groups in total. The van der Waals surface area contributed by atoms with E-state index in [1.54, 1.807) is 0 Å². The summed E-state index contributed by atoms with van der Waals surface area (Å²) in [5.41, 5.74) is 16.8. The van der Waals surface area contributed by atoms with E-state index in [1.165, 1.54) is 0 Å². The number of aromatic nitrogens is 8. The van der Waals surface area contributed by atoms with E-state index in [2.05, 4.69) is 0 Å². The minimum atomic E-state index is 0. The molecule has 18 heteroatoms. The first-order valence-corrected chi connectivity index (χ1v) is 30.3. The van der Waals surface area contributed by atoms with Crippen molar-refractivity contribution >= 4 is 114 Å². The number of hydrogen-bond donors (Lipinski definition) is 0. The minimum Gasteiger partial charge on any atom is -0.354 e. The molecule has 3 aromatic heterocycles. The topological polar surface area (TPSA) is 204 Å². The van der Waals surface area contributed by atoms with Crippen molar-refractivity contribution in [3.63, 3.8) is 0 Å². The molecule has 16 nitrogen and oxygen atoms in total. The number of benzene rings is 8. The fourth-order valence-corrected chi connectivity index (χ4v) is 11.9. The van der Waals surface area contributed by atoms with E-state index in [-0.39, 0.29) is 105 Å². The molecule has 6 aliphatic rings. The van der Waals surface area contributed by atoms with E-state index in [0.29, 0.717) is 71.2 Å². The molecule has 0 unspecified atom stereocenters. The van der Waals surface area contributed by atoms with Crippen LogP contribution in [-0.2, 0) is 0 Å². The second kappa shape index (κ2) is 25.8. The first-order chi connectivity index (χ1) is 45.5. The molecule has 0 atom stereocenters. The van der Waals surface area contributed by atoms with Crippen LogP contribution in [0.25, 0.3) is 45.4 Å². The van der Waals surface area contributed by atoms with E-state index in [9.17, 15) is 0 Å². The third-order valence-electron chi connectivity index (χ3n) is 16.5. The van der Waals surface area contributed by atoms with E-state index < -0.39 is 0 Å². The number of rotatable bonds is 8. The van der Waals surface area contributed by atoms with Crippen molar-refractivity contribution in [1.29, 1.82) is 0 Å². The Labute approximate surface area is 583 Å². The van der Waals surface area contributed by atoms with Gasteiger partial charge in [-0.3, -0.25) is 0 Å². The maximum atomic E-state index is 5.53. The molecule has 434 valence electrons. The third-order valence-corrected chi connectivity index (χ3v) is 16.5. The van der Waals surface area contributed by atoms with Gasteiger partial charge in [0.1, 0.15) is 68.8 Å². The van der Waals surface area contributed by atoms with Gasteiger partial charge >= 0.3 is 59.1 Å². The van der Waals surface area contributed by atoms with Gasteiger partial charge < -0.3 is 29.9 Å². The van der Waals surface area contributed by atoms with Crippen LogP contribution in [0.15, 0.2) is 283 Å². The molecule has 6 aliphatic heterocycles. The number of hydrogen-bond acceptors (Lipinski definition) is 14. The zero-order valence-corrected chi connectivity index (χ0v) is 55.1. The average molecular weight is 1230 g/mol. The Hall–Kier alpha value is -10.6. The molecule has 0 fully saturated rings. The first-order valence-electron chi connectivity index (χ1n) is 30.3. The van der Waals surface area contributed by atoms with Crippen molar-refractivity contribution in [3.05, 3.63) is 310 Å². The summed E-state index contributed by atoms with van der Waals surface area (Å²) in [5, 5.41) is 0. The van der Waals surface area contributed by atoms with E-state index in [1.807, 2.05) is 243 Å². The van der Waals surface area contributed by atoms with Crippen molar-refractivity contribution in [2.75, 3.05) is 0 Å². The molecular formula is C76H48N16Na2. The van der Waals surface area contributed by atoms with Crippen LogP contribution in [0.3, 0.4) is 0 Å². The fraction of sp³-hybridized carbons (Fsp3) is 0.0526. The molecule has 0 radical (unpaired) electrons. The molecule has 17 rings (SSSR count). The Morgan fingerprint density at radius 1 is 0.191 bits per heavy atom. The van der Waals surface area contributed by atoms with Gasteiger partial charge in [-0.2, -0.15) is 0 Å². The molecule has 9 heterocycles. The van der Waals surface area contributed by atoms with Crippen molar-refractivity contribution in [2.45, 2.75) is 25.7 Å². The third kappa shape index (κ3) is 11.6. The van der Waals surface area contributed by atoms with Crippen LogP contribution in [-0.4, -0.2) is 75.6 Å². The van der Waals surface area contributed by atoms with Gasteiger partial charge in [0.25, 0.3) is 0 Å². The zero-order valence-electron chi connectivity index (χ0n) is 51.1. The van der Waals surface area contributed by atoms with Gasteiger partial charge in [0.15, 0.2) is 0 Å². The molecule has 0 saturated carbocycles. The number of nitrogens with zero attached hydrogens (tertiary/aromatic N) is 16. The monoisotopic (exact) mass is 1230 g/mol. The SMILES string of the molecule is [Na+].[Na+].c1ccc(C2=NC3=C(N=C(c4ccccc4)C2)c2nc3nc3[n-]c(nc4nc(nc5[n-]c(n2)c2c5N=C(c5ccccc5)CC(c5ccccc5)=N2)C2=C4N=C(c4ccccc4)CC(c4ccccc4)=N2)c2c3N=C(c3ccccc3)CC(c3ccccc3)=N2)cc1. The van der Waals surface area contributed by atoms with E-state index >= 15 is 0 Å². The van der Waals surface area contributed by atoms with Gasteiger partial charge in [0.05, 0.1) is 45.7 Å². The quantitative estimate of drug-likeness (QED) is 0.134. The van der Waals surface area contributed by atoms with Crippen LogP contribution in [0, 0.1) is 0 Å². The summed E-state index contributed by atoms with van der Waals surface area (Å²) in [6.45, 7) is 0. The molecule has 0 spiro atoms. The van der Waals surface area contributed by atoms with Crippen molar-refractivity contribution in [2.24, 2.45) is 39.9 Å². The summed E-state index contributed by atoms with van der Waals surface area (Å²) >= 11 is 0. The summed E-state index contributed by atoms with van der Waals surface area (Å²) in [6, 6.07) is 80.7. The van der Waals surface area contributed by atoms with Crippen LogP contribution < -0.4 is 69.1 Å². The summed E-state index contributed by atoms with van der Waals surface area (Å²) in [5.74, 6) is 0.722. The van der Waals surface area contributed by atoms with Gasteiger partial charge in [0.2, 0.25) is 0 Å². The fourth-order valence-electron chi connectivity index (χ4n) is 11.9. The van der Waals surface area contributed by atoms with Crippen molar-refractivity contribution in [3.8, 4) is 0 Å². The van der Waals surface area contributed by atoms with Gasteiger partial charge in [-0.05, 0) is 44.5 Å². The molecule has 0 saturated heterocycles. The van der Waals surface area contributed by atoms with Gasteiger partial charge in [0, 0.05) is 48.3 Å². The first kappa shape index (κ1) is 59.7. The molecule has 94 heavy (non-hydrogen) atoms. The normalized spacial score (nSPS) is 14.9. The molecule has 11 aromatic rings. The average Bonchev–Trinajstić information content (AvgIpc) is 1.61. The van der Waals surface area contributed by atoms with E-state index in [4.69, 9.17) is 79.8 Å². The van der Waals surface area contributed by atoms with Crippen LogP contribution in [0.2, 0.25) is 0 Å². The van der Waals surface area contributed by atoms with E-state index in [0.717, 1.165) is 90.2 Å². The van der Waals surface area contributed by atoms with Crippen molar-refractivity contribution < 1.29 is 59.1 Å². The van der Waals surface area contributed by atoms with Crippen molar-refractivity contribution in [1.82, 2.24) is 39.9 Å². The smallest absolute Gasteiger partial charge is 0.354 e. The Balaban J connectivity index is 0.00000364. The summed E-state index contributed by atoms with van der Waals surface area (Å²) < 4.78 is 0. The summed E-state index contributed by atoms with van der Waals surface area (Å²) in [7, 11) is 0. The van der Waals surface area contributed by atoms with Crippen LogP contribution >= 0.6 is 0 Å². The Morgan fingerprint density at radius 3 is 0.521 bits per heavy atom. The molecule has 8 aromatic carbocycles. The molecule has 0 aliphatic carbocycles. The molecule has 8 bridgehead atoms. The second-order valence-electron chi connectivity index (χ2n) is 22.4. The van der Waals surface area contributed by atoms with Gasteiger partial charge in [-0.1, -0.05) is 243 Å². The molecule has 0 amide bonds. The maximum Gasteiger partial charge on any atom is 1.00 e. The Morgan fingerprint density at radius 2 is 0.351 bits per heavy atom. The van der Waals surface area contributed by atoms with Gasteiger partial charge in [-0.25, -0.2) is 49.9 Å². The largest absolute Gasteiger partial charge is 1.00 e. The number of aliphatic imine (C=N–C) groups is 8. The summed E-state index contributed by atoms with van der Waals surface area (Å²) in [4.78, 5) is 87.6.